The van der Waals surface area contributed by atoms with Gasteiger partial charge in [0.1, 0.15) is 11.9 Å². The second kappa shape index (κ2) is 7.78. The fourth-order valence-electron chi connectivity index (χ4n) is 3.75. The van der Waals surface area contributed by atoms with E-state index in [2.05, 4.69) is 10.6 Å². The summed E-state index contributed by atoms with van der Waals surface area (Å²) >= 11 is 0. The third kappa shape index (κ3) is 3.72. The van der Waals surface area contributed by atoms with Gasteiger partial charge in [0.05, 0.1) is 16.9 Å². The highest BCUT2D eigenvalue weighted by Crippen LogP contribution is 2.37. The van der Waals surface area contributed by atoms with Gasteiger partial charge in [0.25, 0.3) is 5.91 Å². The molecule has 0 bridgehead atoms. The number of halogens is 1. The van der Waals surface area contributed by atoms with Crippen molar-refractivity contribution in [2.45, 2.75) is 38.8 Å². The molecule has 7 nitrogen and oxygen atoms in total. The van der Waals surface area contributed by atoms with E-state index in [4.69, 9.17) is 4.74 Å². The number of hydrogen-bond donors (Lipinski definition) is 2. The van der Waals surface area contributed by atoms with Gasteiger partial charge >= 0.3 is 5.97 Å². The summed E-state index contributed by atoms with van der Waals surface area (Å²) in [5, 5.41) is 5.37. The van der Waals surface area contributed by atoms with E-state index in [0.717, 1.165) is 25.1 Å². The third-order valence-electron chi connectivity index (χ3n) is 5.45. The number of carbonyl (C=O) groups excluding carboxylic acids is 3. The highest BCUT2D eigenvalue weighted by Gasteiger charge is 2.36. The molecule has 0 unspecified atom stereocenters. The Balaban J connectivity index is 1.43. The lowest BCUT2D eigenvalue weighted by molar-refractivity contribution is -0.123. The topological polar surface area (TPSA) is 87.7 Å². The molecule has 1 saturated heterocycles. The molecule has 2 aromatic rings. The van der Waals surface area contributed by atoms with Gasteiger partial charge in [-0.25, -0.2) is 9.18 Å². The monoisotopic (exact) mass is 411 g/mol. The van der Waals surface area contributed by atoms with Gasteiger partial charge in [0, 0.05) is 12.2 Å². The molecule has 2 atom stereocenters. The Labute approximate surface area is 173 Å². The summed E-state index contributed by atoms with van der Waals surface area (Å²) in [4.78, 5) is 39.1. The van der Waals surface area contributed by atoms with Crippen molar-refractivity contribution in [2.24, 2.45) is 0 Å². The molecule has 2 N–H and O–H groups in total. The summed E-state index contributed by atoms with van der Waals surface area (Å²) in [6, 6.07) is 9.13. The molecule has 0 saturated carbocycles. The Kier molecular flexibility index (Phi) is 5.15. The Hall–Kier alpha value is -3.42. The number of fused-ring (bicyclic) bond motifs is 3. The molecule has 2 aromatic carbocycles. The van der Waals surface area contributed by atoms with E-state index < -0.39 is 23.8 Å². The highest BCUT2D eigenvalue weighted by atomic mass is 19.1. The van der Waals surface area contributed by atoms with Gasteiger partial charge in [-0.05, 0) is 62.6 Å². The predicted molar refractivity (Wildman–Crippen MR) is 110 cm³/mol. The minimum atomic E-state index is -1.09. The molecule has 2 aliphatic rings. The van der Waals surface area contributed by atoms with Crippen molar-refractivity contribution in [1.82, 2.24) is 0 Å². The van der Waals surface area contributed by atoms with Crippen LogP contribution in [0.4, 0.5) is 21.5 Å². The van der Waals surface area contributed by atoms with E-state index in [1.54, 1.807) is 37.3 Å². The van der Waals surface area contributed by atoms with Crippen LogP contribution in [0.2, 0.25) is 0 Å². The molecule has 0 aromatic heterocycles. The van der Waals surface area contributed by atoms with Crippen molar-refractivity contribution in [1.29, 1.82) is 0 Å². The zero-order chi connectivity index (χ0) is 21.4. The van der Waals surface area contributed by atoms with Crippen LogP contribution in [0.5, 0.6) is 0 Å². The molecule has 4 rings (SSSR count). The highest BCUT2D eigenvalue weighted by molar-refractivity contribution is 6.05. The Morgan fingerprint density at radius 3 is 2.83 bits per heavy atom. The molecule has 30 heavy (non-hydrogen) atoms. The number of rotatable bonds is 4. The number of amides is 2. The van der Waals surface area contributed by atoms with Crippen LogP contribution in [0.3, 0.4) is 0 Å². The van der Waals surface area contributed by atoms with E-state index in [1.165, 1.54) is 13.0 Å². The molecule has 0 radical (unpaired) electrons. The molecular weight excluding hydrogens is 389 g/mol. The number of benzene rings is 2. The zero-order valence-electron chi connectivity index (χ0n) is 16.7. The number of carbonyl (C=O) groups is 3. The summed E-state index contributed by atoms with van der Waals surface area (Å²) in [5.74, 6) is -1.77. The summed E-state index contributed by atoms with van der Waals surface area (Å²) in [6.07, 6.45) is 0.668. The van der Waals surface area contributed by atoms with Crippen LogP contribution < -0.4 is 15.5 Å². The second-order valence-electron chi connectivity index (χ2n) is 7.57. The van der Waals surface area contributed by atoms with Crippen molar-refractivity contribution in [3.05, 3.63) is 53.3 Å². The van der Waals surface area contributed by atoms with Gasteiger partial charge in [0.15, 0.2) is 6.10 Å². The maximum absolute atomic E-state index is 13.6. The fourth-order valence-corrected chi connectivity index (χ4v) is 3.75. The van der Waals surface area contributed by atoms with E-state index in [-0.39, 0.29) is 23.2 Å². The minimum Gasteiger partial charge on any atom is -0.449 e. The first-order chi connectivity index (χ1) is 14.3. The van der Waals surface area contributed by atoms with E-state index in [1.807, 2.05) is 4.90 Å². The number of nitrogens with one attached hydrogen (secondary N) is 2. The average molecular weight is 411 g/mol. The lowest BCUT2D eigenvalue weighted by Crippen LogP contribution is -2.43. The van der Waals surface area contributed by atoms with Crippen LogP contribution in [0.25, 0.3) is 0 Å². The van der Waals surface area contributed by atoms with Gasteiger partial charge in [-0.2, -0.15) is 0 Å². The molecule has 156 valence electrons. The molecule has 0 aliphatic carbocycles. The van der Waals surface area contributed by atoms with E-state index >= 15 is 0 Å². The van der Waals surface area contributed by atoms with Crippen molar-refractivity contribution >= 4 is 34.8 Å². The van der Waals surface area contributed by atoms with Gasteiger partial charge in [-0.15, -0.1) is 0 Å². The largest absolute Gasteiger partial charge is 0.449 e. The van der Waals surface area contributed by atoms with E-state index in [0.29, 0.717) is 11.3 Å². The maximum Gasteiger partial charge on any atom is 0.338 e. The number of anilines is 3. The van der Waals surface area contributed by atoms with Crippen LogP contribution in [0.1, 0.15) is 35.7 Å². The van der Waals surface area contributed by atoms with Gasteiger partial charge in [0.2, 0.25) is 5.91 Å². The number of nitrogens with zero attached hydrogens (tertiary/aromatic N) is 1. The first-order valence-corrected chi connectivity index (χ1v) is 9.83. The predicted octanol–water partition coefficient (Wildman–Crippen LogP) is 3.24. The molecule has 2 aliphatic heterocycles. The molecule has 8 heteroatoms. The van der Waals surface area contributed by atoms with Crippen LogP contribution in [0, 0.1) is 12.7 Å². The first kappa shape index (κ1) is 19.9. The number of esters is 1. The fraction of sp³-hybridized carbons (Fsp3) is 0.318. The Morgan fingerprint density at radius 2 is 2.07 bits per heavy atom. The summed E-state index contributed by atoms with van der Waals surface area (Å²) in [7, 11) is 0. The average Bonchev–Trinajstić information content (AvgIpc) is 3.21. The molecular formula is C22H22FN3O4. The van der Waals surface area contributed by atoms with Crippen LogP contribution >= 0.6 is 0 Å². The third-order valence-corrected chi connectivity index (χ3v) is 5.45. The van der Waals surface area contributed by atoms with Gasteiger partial charge in [-0.3, -0.25) is 9.59 Å². The summed E-state index contributed by atoms with van der Waals surface area (Å²) in [6.45, 7) is 3.86. The van der Waals surface area contributed by atoms with Crippen molar-refractivity contribution < 1.29 is 23.5 Å². The van der Waals surface area contributed by atoms with Crippen LogP contribution in [-0.2, 0) is 14.3 Å². The molecule has 2 amide bonds. The van der Waals surface area contributed by atoms with Crippen LogP contribution in [0.15, 0.2) is 36.4 Å². The smallest absolute Gasteiger partial charge is 0.338 e. The summed E-state index contributed by atoms with van der Waals surface area (Å²) in [5.41, 5.74) is 2.41. The van der Waals surface area contributed by atoms with Crippen molar-refractivity contribution in [3.8, 4) is 0 Å². The molecule has 1 fully saturated rings. The van der Waals surface area contributed by atoms with E-state index in [9.17, 15) is 18.8 Å². The first-order valence-electron chi connectivity index (χ1n) is 9.83. The number of ether oxygens (including phenoxy) is 1. The second-order valence-corrected chi connectivity index (χ2v) is 7.57. The van der Waals surface area contributed by atoms with Crippen LogP contribution in [-0.4, -0.2) is 36.5 Å². The standard InChI is InChI=1S/C22H22FN3O4/c1-12-5-7-15(11-16(12)23)24-20(27)13(2)30-22(29)14-6-8-18-17(10-14)25-21(28)19-4-3-9-26(18)19/h5-8,10-11,13,19H,3-4,9H2,1-2H3,(H,24,27)(H,25,28)/t13-,19+/m1/s1. The Bertz CT molecular complexity index is 1040. The Morgan fingerprint density at radius 1 is 1.27 bits per heavy atom. The van der Waals surface area contributed by atoms with Gasteiger partial charge < -0.3 is 20.3 Å². The lowest BCUT2D eigenvalue weighted by atomic mass is 10.1. The zero-order valence-corrected chi connectivity index (χ0v) is 16.7. The number of hydrogen-bond acceptors (Lipinski definition) is 5. The van der Waals surface area contributed by atoms with Gasteiger partial charge in [-0.1, -0.05) is 6.07 Å². The minimum absolute atomic E-state index is 0.0800. The lowest BCUT2D eigenvalue weighted by Gasteiger charge is -2.33. The van der Waals surface area contributed by atoms with Crippen molar-refractivity contribution in [2.75, 3.05) is 22.1 Å². The SMILES string of the molecule is Cc1ccc(NC(=O)[C@@H](C)OC(=O)c2ccc3c(c2)NC(=O)[C@@H]2CCCN32)cc1F. The molecule has 0 spiro atoms. The quantitative estimate of drug-likeness (QED) is 0.755. The maximum atomic E-state index is 13.6. The number of aryl methyl sites for hydroxylation is 1. The molecule has 2 heterocycles. The van der Waals surface area contributed by atoms with Crippen molar-refractivity contribution in [3.63, 3.8) is 0 Å². The normalized spacial score (nSPS) is 18.2. The summed E-state index contributed by atoms with van der Waals surface area (Å²) < 4.78 is 18.9.